The van der Waals surface area contributed by atoms with Gasteiger partial charge in [-0.3, -0.25) is 4.40 Å². The highest BCUT2D eigenvalue weighted by Crippen LogP contribution is 2.29. The van der Waals surface area contributed by atoms with Gasteiger partial charge in [-0.1, -0.05) is 43.7 Å². The van der Waals surface area contributed by atoms with Crippen LogP contribution in [0.25, 0.3) is 16.9 Å². The van der Waals surface area contributed by atoms with E-state index in [4.69, 9.17) is 9.72 Å². The third kappa shape index (κ3) is 3.65. The summed E-state index contributed by atoms with van der Waals surface area (Å²) in [5.41, 5.74) is 3.25. The second kappa shape index (κ2) is 7.83. The number of carbonyl (C=O) groups excluding carboxylic acids is 1. The van der Waals surface area contributed by atoms with E-state index in [-0.39, 0.29) is 5.97 Å². The molecule has 0 spiro atoms. The fraction of sp³-hybridized carbons (Fsp3) is 0.300. The smallest absolute Gasteiger partial charge is 0.339 e. The summed E-state index contributed by atoms with van der Waals surface area (Å²) < 4.78 is 7.05. The molecule has 1 aromatic carbocycles. The van der Waals surface area contributed by atoms with Crippen molar-refractivity contribution in [2.45, 2.75) is 26.7 Å². The molecule has 2 heterocycles. The van der Waals surface area contributed by atoms with Crippen molar-refractivity contribution in [1.29, 1.82) is 0 Å². The van der Waals surface area contributed by atoms with Crippen molar-refractivity contribution in [2.24, 2.45) is 0 Å². The zero-order valence-electron chi connectivity index (χ0n) is 14.7. The number of nitrogens with one attached hydrogen (secondary N) is 1. The first-order chi connectivity index (χ1) is 12.2. The average molecular weight is 337 g/mol. The van der Waals surface area contributed by atoms with E-state index < -0.39 is 0 Å². The molecule has 0 aliphatic heterocycles. The van der Waals surface area contributed by atoms with E-state index in [1.807, 2.05) is 40.8 Å². The summed E-state index contributed by atoms with van der Waals surface area (Å²) in [5.74, 6) is 0.583. The molecule has 130 valence electrons. The number of hydrogen-bond donors (Lipinski definition) is 1. The Labute approximate surface area is 147 Å². The molecular weight excluding hydrogens is 314 g/mol. The van der Waals surface area contributed by atoms with E-state index in [9.17, 15) is 4.79 Å². The first kappa shape index (κ1) is 17.0. The van der Waals surface area contributed by atoms with Crippen molar-refractivity contribution >= 4 is 17.4 Å². The van der Waals surface area contributed by atoms with Crippen LogP contribution in [0, 0.1) is 0 Å². The van der Waals surface area contributed by atoms with Gasteiger partial charge in [0, 0.05) is 18.3 Å². The summed E-state index contributed by atoms with van der Waals surface area (Å²) in [6.45, 7) is 5.18. The standard InChI is InChI=1S/C20H23N3O2/c1-3-5-13-21-19-18(15-9-7-6-8-10-15)22-17-12-11-16(14-23(17)19)20(24)25-4-2/h6-12,14,21H,3-5,13H2,1-2H3. The summed E-state index contributed by atoms with van der Waals surface area (Å²) in [4.78, 5) is 16.8. The Morgan fingerprint density at radius 3 is 2.68 bits per heavy atom. The number of aromatic nitrogens is 2. The Kier molecular flexibility index (Phi) is 5.33. The number of rotatable bonds is 7. The Balaban J connectivity index is 2.08. The number of anilines is 1. The Morgan fingerprint density at radius 2 is 1.96 bits per heavy atom. The topological polar surface area (TPSA) is 55.6 Å². The number of fused-ring (bicyclic) bond motifs is 1. The van der Waals surface area contributed by atoms with Crippen molar-refractivity contribution in [3.8, 4) is 11.3 Å². The number of carbonyl (C=O) groups is 1. The Morgan fingerprint density at radius 1 is 1.16 bits per heavy atom. The van der Waals surface area contributed by atoms with Gasteiger partial charge < -0.3 is 10.1 Å². The van der Waals surface area contributed by atoms with Crippen LogP contribution in [0.4, 0.5) is 5.82 Å². The normalized spacial score (nSPS) is 10.8. The summed E-state index contributed by atoms with van der Waals surface area (Å²) in [7, 11) is 0. The van der Waals surface area contributed by atoms with Crippen LogP contribution in [0.3, 0.4) is 0 Å². The molecule has 25 heavy (non-hydrogen) atoms. The van der Waals surface area contributed by atoms with E-state index in [0.717, 1.165) is 42.1 Å². The predicted molar refractivity (Wildman–Crippen MR) is 100.0 cm³/mol. The summed E-state index contributed by atoms with van der Waals surface area (Å²) in [6, 6.07) is 13.7. The SMILES string of the molecule is CCCCNc1c(-c2ccccc2)nc2ccc(C(=O)OCC)cn12. The van der Waals surface area contributed by atoms with Crippen LogP contribution in [0.15, 0.2) is 48.7 Å². The van der Waals surface area contributed by atoms with E-state index in [1.165, 1.54) is 0 Å². The molecule has 0 saturated carbocycles. The van der Waals surface area contributed by atoms with Crippen molar-refractivity contribution in [3.63, 3.8) is 0 Å². The number of hydrogen-bond acceptors (Lipinski definition) is 4. The first-order valence-corrected chi connectivity index (χ1v) is 8.73. The summed E-state index contributed by atoms with van der Waals surface area (Å²) in [6.07, 6.45) is 3.97. The fourth-order valence-corrected chi connectivity index (χ4v) is 2.73. The molecule has 0 unspecified atom stereocenters. The zero-order valence-corrected chi connectivity index (χ0v) is 14.7. The molecule has 0 atom stereocenters. The highest BCUT2D eigenvalue weighted by molar-refractivity contribution is 5.90. The maximum Gasteiger partial charge on any atom is 0.339 e. The van der Waals surface area contributed by atoms with Gasteiger partial charge in [-0.05, 0) is 25.5 Å². The second-order valence-corrected chi connectivity index (χ2v) is 5.82. The van der Waals surface area contributed by atoms with Gasteiger partial charge in [0.1, 0.15) is 17.2 Å². The number of nitrogens with zero attached hydrogens (tertiary/aromatic N) is 2. The van der Waals surface area contributed by atoms with Crippen molar-refractivity contribution < 1.29 is 9.53 Å². The quantitative estimate of drug-likeness (QED) is 0.513. The maximum absolute atomic E-state index is 12.1. The monoisotopic (exact) mass is 337 g/mol. The molecule has 3 aromatic rings. The molecule has 5 heteroatoms. The van der Waals surface area contributed by atoms with Crippen LogP contribution in [0.1, 0.15) is 37.0 Å². The van der Waals surface area contributed by atoms with Gasteiger partial charge in [0.05, 0.1) is 12.2 Å². The predicted octanol–water partition coefficient (Wildman–Crippen LogP) is 4.39. The van der Waals surface area contributed by atoms with Crippen LogP contribution < -0.4 is 5.32 Å². The Hall–Kier alpha value is -2.82. The van der Waals surface area contributed by atoms with Gasteiger partial charge >= 0.3 is 5.97 Å². The molecule has 0 radical (unpaired) electrons. The van der Waals surface area contributed by atoms with Crippen LogP contribution in [0.5, 0.6) is 0 Å². The van der Waals surface area contributed by atoms with Gasteiger partial charge in [-0.25, -0.2) is 9.78 Å². The molecule has 5 nitrogen and oxygen atoms in total. The lowest BCUT2D eigenvalue weighted by Crippen LogP contribution is -2.08. The van der Waals surface area contributed by atoms with Gasteiger partial charge in [-0.2, -0.15) is 0 Å². The highest BCUT2D eigenvalue weighted by atomic mass is 16.5. The number of pyridine rings is 1. The van der Waals surface area contributed by atoms with Crippen molar-refractivity contribution in [3.05, 3.63) is 54.2 Å². The highest BCUT2D eigenvalue weighted by Gasteiger charge is 2.16. The zero-order chi connectivity index (χ0) is 17.6. The molecule has 1 N–H and O–H groups in total. The van der Waals surface area contributed by atoms with E-state index in [0.29, 0.717) is 12.2 Å². The fourth-order valence-electron chi connectivity index (χ4n) is 2.73. The molecule has 2 aromatic heterocycles. The Bertz CT molecular complexity index is 856. The third-order valence-electron chi connectivity index (χ3n) is 4.00. The minimum absolute atomic E-state index is 0.320. The van der Waals surface area contributed by atoms with Crippen LogP contribution in [0.2, 0.25) is 0 Å². The lowest BCUT2D eigenvalue weighted by atomic mass is 10.1. The minimum atomic E-state index is -0.320. The lowest BCUT2D eigenvalue weighted by molar-refractivity contribution is 0.0526. The molecule has 0 aliphatic rings. The average Bonchev–Trinajstić information content (AvgIpc) is 3.01. The molecular formula is C20H23N3O2. The first-order valence-electron chi connectivity index (χ1n) is 8.73. The van der Waals surface area contributed by atoms with E-state index in [1.54, 1.807) is 19.2 Å². The van der Waals surface area contributed by atoms with Crippen LogP contribution in [-0.2, 0) is 4.74 Å². The van der Waals surface area contributed by atoms with E-state index in [2.05, 4.69) is 12.2 Å². The largest absolute Gasteiger partial charge is 0.462 e. The molecule has 3 rings (SSSR count). The van der Waals surface area contributed by atoms with Crippen molar-refractivity contribution in [2.75, 3.05) is 18.5 Å². The third-order valence-corrected chi connectivity index (χ3v) is 4.00. The number of imidazole rings is 1. The molecule has 0 saturated heterocycles. The van der Waals surface area contributed by atoms with Crippen LogP contribution in [-0.4, -0.2) is 28.5 Å². The van der Waals surface area contributed by atoms with Gasteiger partial charge in [-0.15, -0.1) is 0 Å². The van der Waals surface area contributed by atoms with Gasteiger partial charge in [0.25, 0.3) is 0 Å². The number of ether oxygens (including phenoxy) is 1. The molecule has 0 amide bonds. The summed E-state index contributed by atoms with van der Waals surface area (Å²) in [5, 5.41) is 3.48. The number of benzene rings is 1. The molecule has 0 aliphatic carbocycles. The number of unbranched alkanes of at least 4 members (excludes halogenated alkanes) is 1. The maximum atomic E-state index is 12.1. The summed E-state index contributed by atoms with van der Waals surface area (Å²) >= 11 is 0. The van der Waals surface area contributed by atoms with Gasteiger partial charge in [0.2, 0.25) is 0 Å². The van der Waals surface area contributed by atoms with Crippen molar-refractivity contribution in [1.82, 2.24) is 9.38 Å². The minimum Gasteiger partial charge on any atom is -0.462 e. The molecule has 0 fully saturated rings. The van der Waals surface area contributed by atoms with Gasteiger partial charge in [0.15, 0.2) is 0 Å². The van der Waals surface area contributed by atoms with Crippen LogP contribution >= 0.6 is 0 Å². The molecule has 0 bridgehead atoms. The second-order valence-electron chi connectivity index (χ2n) is 5.82. The lowest BCUT2D eigenvalue weighted by Gasteiger charge is -2.09. The van der Waals surface area contributed by atoms with E-state index >= 15 is 0 Å². The number of esters is 1.